The van der Waals surface area contributed by atoms with Gasteiger partial charge in [0.05, 0.1) is 5.60 Å². The van der Waals surface area contributed by atoms with E-state index in [1.54, 1.807) is 18.3 Å². The van der Waals surface area contributed by atoms with Crippen LogP contribution in [0.1, 0.15) is 18.4 Å². The molecule has 0 atom stereocenters. The molecule has 0 unspecified atom stereocenters. The molecule has 1 saturated carbocycles. The Morgan fingerprint density at radius 3 is 2.77 bits per heavy atom. The van der Waals surface area contributed by atoms with Gasteiger partial charge in [-0.15, -0.1) is 0 Å². The molecule has 1 aromatic heterocycles. The topological polar surface area (TPSA) is 85.2 Å². The molecule has 0 saturated heterocycles. The van der Waals surface area contributed by atoms with Crippen LogP contribution in [0.15, 0.2) is 18.3 Å². The fourth-order valence-corrected chi connectivity index (χ4v) is 1.84. The minimum absolute atomic E-state index is 0.0876. The third-order valence-corrected chi connectivity index (χ3v) is 2.54. The van der Waals surface area contributed by atoms with E-state index in [1.165, 1.54) is 0 Å². The quantitative estimate of drug-likeness (QED) is 0.565. The minimum atomic E-state index is -0.836. The number of aliphatic hydroxyl groups is 1. The van der Waals surface area contributed by atoms with Gasteiger partial charge in [0.25, 0.3) is 0 Å². The summed E-state index contributed by atoms with van der Waals surface area (Å²) in [5.41, 5.74) is 11.1. The highest BCUT2D eigenvalue weighted by Gasteiger charge is 2.43. The van der Waals surface area contributed by atoms with Crippen LogP contribution < -0.4 is 11.5 Å². The van der Waals surface area contributed by atoms with Gasteiger partial charge in [0.2, 0.25) is 0 Å². The Morgan fingerprint density at radius 2 is 2.23 bits per heavy atom. The molecule has 1 aliphatic rings. The van der Waals surface area contributed by atoms with Crippen molar-refractivity contribution in [3.63, 3.8) is 0 Å². The number of hydrogen-bond donors (Lipinski definition) is 3. The zero-order valence-electron chi connectivity index (χ0n) is 7.27. The fourth-order valence-electron chi connectivity index (χ4n) is 1.84. The lowest BCUT2D eigenvalue weighted by Crippen LogP contribution is -2.49. The average molecular weight is 179 g/mol. The first-order chi connectivity index (χ1) is 6.12. The Morgan fingerprint density at radius 1 is 1.54 bits per heavy atom. The second kappa shape index (κ2) is 2.68. The molecule has 1 aromatic rings. The van der Waals surface area contributed by atoms with Crippen LogP contribution in [0, 0.1) is 0 Å². The van der Waals surface area contributed by atoms with Gasteiger partial charge in [-0.3, -0.25) is 0 Å². The number of pyridine rings is 1. The Labute approximate surface area is 76.6 Å². The Kier molecular flexibility index (Phi) is 1.75. The highest BCUT2D eigenvalue weighted by atomic mass is 16.3. The Bertz CT molecular complexity index is 320. The van der Waals surface area contributed by atoms with Crippen molar-refractivity contribution in [1.29, 1.82) is 0 Å². The highest BCUT2D eigenvalue weighted by molar-refractivity contribution is 5.44. The molecule has 1 aliphatic carbocycles. The van der Waals surface area contributed by atoms with Crippen LogP contribution in [-0.2, 0) is 5.60 Å². The molecule has 5 N–H and O–H groups in total. The zero-order valence-corrected chi connectivity index (χ0v) is 7.27. The van der Waals surface area contributed by atoms with E-state index in [2.05, 4.69) is 4.98 Å². The van der Waals surface area contributed by atoms with Crippen molar-refractivity contribution in [1.82, 2.24) is 4.98 Å². The van der Waals surface area contributed by atoms with Crippen molar-refractivity contribution in [2.45, 2.75) is 24.5 Å². The zero-order chi connectivity index (χ0) is 9.47. The van der Waals surface area contributed by atoms with E-state index < -0.39 is 5.60 Å². The number of hydrogen-bond acceptors (Lipinski definition) is 4. The largest absolute Gasteiger partial charge is 0.385 e. The summed E-state index contributed by atoms with van der Waals surface area (Å²) in [5, 5.41) is 10.0. The van der Waals surface area contributed by atoms with Crippen molar-refractivity contribution >= 4 is 5.82 Å². The molecule has 0 aliphatic heterocycles. The molecule has 0 bridgehead atoms. The summed E-state index contributed by atoms with van der Waals surface area (Å²) in [6.07, 6.45) is 2.76. The van der Waals surface area contributed by atoms with Crippen molar-refractivity contribution in [2.24, 2.45) is 5.73 Å². The molecular weight excluding hydrogens is 166 g/mol. The van der Waals surface area contributed by atoms with Crippen molar-refractivity contribution in [3.05, 3.63) is 23.9 Å². The van der Waals surface area contributed by atoms with Crippen molar-refractivity contribution in [2.75, 3.05) is 5.73 Å². The maximum absolute atomic E-state index is 10.0. The molecule has 13 heavy (non-hydrogen) atoms. The predicted molar refractivity (Wildman–Crippen MR) is 49.8 cm³/mol. The summed E-state index contributed by atoms with van der Waals surface area (Å²) in [6.45, 7) is 0. The number of nitrogens with two attached hydrogens (primary N) is 2. The van der Waals surface area contributed by atoms with Gasteiger partial charge in [-0.2, -0.15) is 0 Å². The number of aromatic nitrogens is 1. The second-order valence-electron chi connectivity index (χ2n) is 3.64. The summed E-state index contributed by atoms with van der Waals surface area (Å²) >= 11 is 0. The van der Waals surface area contributed by atoms with E-state index in [0.717, 1.165) is 0 Å². The molecule has 0 spiro atoms. The third-order valence-electron chi connectivity index (χ3n) is 2.54. The molecule has 2 rings (SSSR count). The normalized spacial score (nSPS) is 32.6. The standard InChI is InChI=1S/C9H13N3O/c10-6-4-9(13,5-6)7-2-1-3-12-8(7)11/h1-3,6,13H,4-5,10H2,(H2,11,12). The van der Waals surface area contributed by atoms with Crippen LogP contribution in [0.4, 0.5) is 5.82 Å². The summed E-state index contributed by atoms with van der Waals surface area (Å²) in [4.78, 5) is 3.93. The molecule has 70 valence electrons. The number of nitrogen functional groups attached to an aromatic ring is 1. The molecule has 1 heterocycles. The summed E-state index contributed by atoms with van der Waals surface area (Å²) < 4.78 is 0. The van der Waals surface area contributed by atoms with E-state index in [-0.39, 0.29) is 6.04 Å². The Balaban J connectivity index is 2.31. The molecule has 0 aromatic carbocycles. The summed E-state index contributed by atoms with van der Waals surface area (Å²) in [6, 6.07) is 3.66. The average Bonchev–Trinajstić information content (AvgIpc) is 2.02. The van der Waals surface area contributed by atoms with E-state index in [4.69, 9.17) is 11.5 Å². The smallest absolute Gasteiger partial charge is 0.129 e. The van der Waals surface area contributed by atoms with Crippen LogP contribution in [-0.4, -0.2) is 16.1 Å². The lowest BCUT2D eigenvalue weighted by Gasteiger charge is -2.42. The van der Waals surface area contributed by atoms with Gasteiger partial charge in [-0.25, -0.2) is 4.98 Å². The highest BCUT2D eigenvalue weighted by Crippen LogP contribution is 2.41. The second-order valence-corrected chi connectivity index (χ2v) is 3.64. The van der Waals surface area contributed by atoms with E-state index >= 15 is 0 Å². The third kappa shape index (κ3) is 1.28. The summed E-state index contributed by atoms with van der Waals surface area (Å²) in [7, 11) is 0. The van der Waals surface area contributed by atoms with Gasteiger partial charge < -0.3 is 16.6 Å². The van der Waals surface area contributed by atoms with E-state index in [9.17, 15) is 5.11 Å². The molecule has 0 radical (unpaired) electrons. The molecule has 4 heteroatoms. The number of rotatable bonds is 1. The minimum Gasteiger partial charge on any atom is -0.385 e. The van der Waals surface area contributed by atoms with Gasteiger partial charge in [0.1, 0.15) is 5.82 Å². The van der Waals surface area contributed by atoms with Gasteiger partial charge >= 0.3 is 0 Å². The van der Waals surface area contributed by atoms with Crippen LogP contribution in [0.3, 0.4) is 0 Å². The first-order valence-electron chi connectivity index (χ1n) is 4.31. The van der Waals surface area contributed by atoms with Crippen LogP contribution in [0.2, 0.25) is 0 Å². The number of nitrogens with zero attached hydrogens (tertiary/aromatic N) is 1. The Hall–Kier alpha value is -1.13. The number of anilines is 1. The summed E-state index contributed by atoms with van der Waals surface area (Å²) in [5.74, 6) is 0.400. The lowest BCUT2D eigenvalue weighted by atomic mass is 9.72. The first kappa shape index (κ1) is 8.47. The van der Waals surface area contributed by atoms with Gasteiger partial charge in [-0.1, -0.05) is 6.07 Å². The van der Waals surface area contributed by atoms with Crippen molar-refractivity contribution in [3.8, 4) is 0 Å². The fraction of sp³-hybridized carbons (Fsp3) is 0.444. The molecule has 0 amide bonds. The van der Waals surface area contributed by atoms with Gasteiger partial charge in [0, 0.05) is 17.8 Å². The van der Waals surface area contributed by atoms with Gasteiger partial charge in [-0.05, 0) is 18.9 Å². The molecule has 4 nitrogen and oxygen atoms in total. The van der Waals surface area contributed by atoms with Gasteiger partial charge in [0.15, 0.2) is 0 Å². The predicted octanol–water partition coefficient (Wildman–Crippen LogP) is -0.0275. The lowest BCUT2D eigenvalue weighted by molar-refractivity contribution is -0.0518. The van der Waals surface area contributed by atoms with Crippen molar-refractivity contribution < 1.29 is 5.11 Å². The van der Waals surface area contributed by atoms with Crippen LogP contribution in [0.5, 0.6) is 0 Å². The SMILES string of the molecule is Nc1ncccc1C1(O)CC(N)C1. The van der Waals surface area contributed by atoms with Crippen LogP contribution in [0.25, 0.3) is 0 Å². The van der Waals surface area contributed by atoms with E-state index in [1.807, 2.05) is 0 Å². The molecule has 1 fully saturated rings. The molecular formula is C9H13N3O. The maximum atomic E-state index is 10.0. The maximum Gasteiger partial charge on any atom is 0.129 e. The monoisotopic (exact) mass is 179 g/mol. The first-order valence-corrected chi connectivity index (χ1v) is 4.31. The van der Waals surface area contributed by atoms with E-state index in [0.29, 0.717) is 24.2 Å². The van der Waals surface area contributed by atoms with Crippen LogP contribution >= 0.6 is 0 Å².